The SMILES string of the molecule is N=C(CF)NCc1cccc(Br)c1. The van der Waals surface area contributed by atoms with E-state index in [0.29, 0.717) is 6.54 Å². The molecule has 0 fully saturated rings. The van der Waals surface area contributed by atoms with E-state index in [9.17, 15) is 4.39 Å². The molecule has 1 aromatic rings. The van der Waals surface area contributed by atoms with Crippen LogP contribution in [0.15, 0.2) is 28.7 Å². The van der Waals surface area contributed by atoms with Crippen molar-refractivity contribution in [1.29, 1.82) is 5.41 Å². The van der Waals surface area contributed by atoms with Crippen LogP contribution in [0.3, 0.4) is 0 Å². The molecular weight excluding hydrogens is 235 g/mol. The first-order valence-electron chi connectivity index (χ1n) is 3.84. The van der Waals surface area contributed by atoms with E-state index in [1.54, 1.807) is 0 Å². The molecule has 4 heteroatoms. The maximum atomic E-state index is 11.9. The van der Waals surface area contributed by atoms with Gasteiger partial charge in [0, 0.05) is 11.0 Å². The molecule has 0 aromatic heterocycles. The Morgan fingerprint density at radius 2 is 2.31 bits per heavy atom. The predicted molar refractivity (Wildman–Crippen MR) is 54.7 cm³/mol. The monoisotopic (exact) mass is 244 g/mol. The number of amidine groups is 1. The lowest BCUT2D eigenvalue weighted by Gasteiger charge is -2.04. The van der Waals surface area contributed by atoms with E-state index in [1.165, 1.54) is 0 Å². The average molecular weight is 245 g/mol. The van der Waals surface area contributed by atoms with Gasteiger partial charge < -0.3 is 5.32 Å². The average Bonchev–Trinajstić information content (AvgIpc) is 2.14. The van der Waals surface area contributed by atoms with Crippen LogP contribution in [0.4, 0.5) is 4.39 Å². The highest BCUT2D eigenvalue weighted by Gasteiger charge is 1.96. The molecule has 0 atom stereocenters. The van der Waals surface area contributed by atoms with Crippen LogP contribution in [-0.2, 0) is 6.54 Å². The Kier molecular flexibility index (Phi) is 3.89. The van der Waals surface area contributed by atoms with Gasteiger partial charge in [-0.25, -0.2) is 4.39 Å². The summed E-state index contributed by atoms with van der Waals surface area (Å²) in [5.41, 5.74) is 1.02. The second-order valence-electron chi connectivity index (χ2n) is 2.60. The Balaban J connectivity index is 2.50. The number of alkyl halides is 1. The molecule has 2 N–H and O–H groups in total. The van der Waals surface area contributed by atoms with Crippen molar-refractivity contribution in [2.75, 3.05) is 6.67 Å². The zero-order valence-corrected chi connectivity index (χ0v) is 8.57. The van der Waals surface area contributed by atoms with Gasteiger partial charge in [0.1, 0.15) is 12.5 Å². The fraction of sp³-hybridized carbons (Fsp3) is 0.222. The molecule has 70 valence electrons. The highest BCUT2D eigenvalue weighted by Crippen LogP contribution is 2.11. The summed E-state index contributed by atoms with van der Waals surface area (Å²) in [6.45, 7) is -0.254. The summed E-state index contributed by atoms with van der Waals surface area (Å²) in [6.07, 6.45) is 0. The van der Waals surface area contributed by atoms with Gasteiger partial charge in [0.2, 0.25) is 0 Å². The number of hydrogen-bond acceptors (Lipinski definition) is 1. The normalized spacial score (nSPS) is 9.69. The van der Waals surface area contributed by atoms with E-state index < -0.39 is 6.67 Å². The third-order valence-electron chi connectivity index (χ3n) is 1.53. The quantitative estimate of drug-likeness (QED) is 0.622. The minimum absolute atomic E-state index is 0.0834. The van der Waals surface area contributed by atoms with Gasteiger partial charge >= 0.3 is 0 Å². The lowest BCUT2D eigenvalue weighted by Crippen LogP contribution is -2.23. The van der Waals surface area contributed by atoms with Crippen LogP contribution in [-0.4, -0.2) is 12.5 Å². The molecule has 0 amide bonds. The minimum atomic E-state index is -0.742. The molecule has 0 spiro atoms. The third-order valence-corrected chi connectivity index (χ3v) is 2.02. The van der Waals surface area contributed by atoms with Crippen molar-refractivity contribution in [1.82, 2.24) is 5.32 Å². The van der Waals surface area contributed by atoms with E-state index in [1.807, 2.05) is 24.3 Å². The van der Waals surface area contributed by atoms with Gasteiger partial charge in [0.05, 0.1) is 0 Å². The summed E-state index contributed by atoms with van der Waals surface area (Å²) >= 11 is 3.33. The maximum absolute atomic E-state index is 11.9. The van der Waals surface area contributed by atoms with E-state index >= 15 is 0 Å². The maximum Gasteiger partial charge on any atom is 0.146 e. The molecule has 0 aliphatic rings. The smallest absolute Gasteiger partial charge is 0.146 e. The summed E-state index contributed by atoms with van der Waals surface area (Å²) < 4.78 is 12.9. The van der Waals surface area contributed by atoms with Gasteiger partial charge in [0.15, 0.2) is 0 Å². The number of benzene rings is 1. The Hall–Kier alpha value is -0.900. The van der Waals surface area contributed by atoms with Crippen LogP contribution in [0.1, 0.15) is 5.56 Å². The first-order valence-corrected chi connectivity index (χ1v) is 4.63. The topological polar surface area (TPSA) is 35.9 Å². The van der Waals surface area contributed by atoms with Crippen molar-refractivity contribution in [2.45, 2.75) is 6.54 Å². The second-order valence-corrected chi connectivity index (χ2v) is 3.51. The molecule has 13 heavy (non-hydrogen) atoms. The van der Waals surface area contributed by atoms with Crippen LogP contribution in [0, 0.1) is 5.41 Å². The molecule has 0 saturated heterocycles. The number of rotatable bonds is 3. The molecule has 0 heterocycles. The molecule has 0 saturated carbocycles. The lowest BCUT2D eigenvalue weighted by molar-refractivity contribution is 0.567. The van der Waals surface area contributed by atoms with Gasteiger partial charge in [-0.2, -0.15) is 0 Å². The van der Waals surface area contributed by atoms with Crippen LogP contribution in [0.25, 0.3) is 0 Å². The molecule has 1 rings (SSSR count). The summed E-state index contributed by atoms with van der Waals surface area (Å²) in [5.74, 6) is -0.0834. The molecule has 2 nitrogen and oxygen atoms in total. The van der Waals surface area contributed by atoms with Crippen molar-refractivity contribution in [2.24, 2.45) is 0 Å². The number of nitrogens with one attached hydrogen (secondary N) is 2. The Bertz CT molecular complexity index is 301. The van der Waals surface area contributed by atoms with Crippen molar-refractivity contribution in [3.05, 3.63) is 34.3 Å². The van der Waals surface area contributed by atoms with Gasteiger partial charge in [-0.3, -0.25) is 5.41 Å². The van der Waals surface area contributed by atoms with Crippen LogP contribution < -0.4 is 5.32 Å². The summed E-state index contributed by atoms with van der Waals surface area (Å²) in [4.78, 5) is 0. The lowest BCUT2D eigenvalue weighted by atomic mass is 10.2. The zero-order chi connectivity index (χ0) is 9.68. The van der Waals surface area contributed by atoms with E-state index in [2.05, 4.69) is 21.2 Å². The van der Waals surface area contributed by atoms with Gasteiger partial charge in [-0.15, -0.1) is 0 Å². The molecule has 0 aliphatic carbocycles. The molecular formula is C9H10BrFN2. The van der Waals surface area contributed by atoms with Crippen molar-refractivity contribution < 1.29 is 4.39 Å². The fourth-order valence-electron chi connectivity index (χ4n) is 0.903. The largest absolute Gasteiger partial charge is 0.368 e. The number of hydrogen-bond donors (Lipinski definition) is 2. The minimum Gasteiger partial charge on any atom is -0.368 e. The highest BCUT2D eigenvalue weighted by atomic mass is 79.9. The van der Waals surface area contributed by atoms with Crippen molar-refractivity contribution in [3.8, 4) is 0 Å². The summed E-state index contributed by atoms with van der Waals surface area (Å²) in [6, 6.07) is 7.67. The molecule has 0 radical (unpaired) electrons. The Labute approximate surface area is 84.8 Å². The third kappa shape index (κ3) is 3.55. The molecule has 0 unspecified atom stereocenters. The van der Waals surface area contributed by atoms with Crippen LogP contribution in [0.5, 0.6) is 0 Å². The molecule has 0 aliphatic heterocycles. The van der Waals surface area contributed by atoms with Crippen LogP contribution in [0.2, 0.25) is 0 Å². The summed E-state index contributed by atoms with van der Waals surface area (Å²) in [7, 11) is 0. The van der Waals surface area contributed by atoms with E-state index in [4.69, 9.17) is 5.41 Å². The first kappa shape index (κ1) is 10.2. The summed E-state index contributed by atoms with van der Waals surface area (Å²) in [5, 5.41) is 9.71. The fourth-order valence-corrected chi connectivity index (χ4v) is 1.35. The van der Waals surface area contributed by atoms with E-state index in [-0.39, 0.29) is 5.84 Å². The van der Waals surface area contributed by atoms with Crippen LogP contribution >= 0.6 is 15.9 Å². The van der Waals surface area contributed by atoms with Crippen molar-refractivity contribution in [3.63, 3.8) is 0 Å². The predicted octanol–water partition coefficient (Wildman–Crippen LogP) is 2.49. The highest BCUT2D eigenvalue weighted by molar-refractivity contribution is 9.10. The zero-order valence-electron chi connectivity index (χ0n) is 6.98. The number of halogens is 2. The Morgan fingerprint density at radius 1 is 1.54 bits per heavy atom. The van der Waals surface area contributed by atoms with Gasteiger partial charge in [-0.05, 0) is 17.7 Å². The van der Waals surface area contributed by atoms with Gasteiger partial charge in [0.25, 0.3) is 0 Å². The van der Waals surface area contributed by atoms with Gasteiger partial charge in [-0.1, -0.05) is 28.1 Å². The Morgan fingerprint density at radius 3 is 2.92 bits per heavy atom. The molecule has 0 bridgehead atoms. The first-order chi connectivity index (χ1) is 6.22. The molecule has 1 aromatic carbocycles. The van der Waals surface area contributed by atoms with Crippen molar-refractivity contribution >= 4 is 21.8 Å². The second kappa shape index (κ2) is 4.97. The van der Waals surface area contributed by atoms with E-state index in [0.717, 1.165) is 10.0 Å². The standard InChI is InChI=1S/C9H10BrFN2/c10-8-3-1-2-7(4-8)6-13-9(12)5-11/h1-4H,5-6H2,(H2,12,13).